The molecule has 0 bridgehead atoms. The van der Waals surface area contributed by atoms with Gasteiger partial charge >= 0.3 is 0 Å². The summed E-state index contributed by atoms with van der Waals surface area (Å²) in [4.78, 5) is 0. The third kappa shape index (κ3) is 4.62. The molecule has 0 atom stereocenters. The van der Waals surface area contributed by atoms with E-state index in [9.17, 15) is 13.2 Å². The van der Waals surface area contributed by atoms with E-state index in [0.29, 0.717) is 12.0 Å². The lowest BCUT2D eigenvalue weighted by atomic mass is 9.77. The number of unbranched alkanes of at least 4 members (excludes halogenated alkanes) is 1. The molecule has 0 heterocycles. The van der Waals surface area contributed by atoms with Crippen molar-refractivity contribution in [1.82, 2.24) is 0 Å². The fourth-order valence-corrected chi connectivity index (χ4v) is 3.31. The van der Waals surface area contributed by atoms with E-state index >= 15 is 0 Å². The molecule has 1 aliphatic rings. The van der Waals surface area contributed by atoms with Crippen LogP contribution in [0.3, 0.4) is 0 Å². The summed E-state index contributed by atoms with van der Waals surface area (Å²) < 4.78 is 38.2. The summed E-state index contributed by atoms with van der Waals surface area (Å²) in [6.07, 6.45) is 7.13. The molecular weight excluding hydrogens is 273 g/mol. The molecule has 0 nitrogen and oxygen atoms in total. The second-order valence-electron chi connectivity index (χ2n) is 6.07. The summed E-state index contributed by atoms with van der Waals surface area (Å²) in [7, 11) is 0. The molecule has 0 radical (unpaired) electrons. The van der Waals surface area contributed by atoms with Crippen LogP contribution in [-0.2, 0) is 0 Å². The molecule has 0 unspecified atom stereocenters. The first-order valence-corrected chi connectivity index (χ1v) is 7.92. The van der Waals surface area contributed by atoms with Gasteiger partial charge in [0.1, 0.15) is 5.82 Å². The van der Waals surface area contributed by atoms with E-state index in [1.54, 1.807) is 6.07 Å². The summed E-state index contributed by atoms with van der Waals surface area (Å²) >= 11 is 0. The Morgan fingerprint density at radius 3 is 2.48 bits per heavy atom. The monoisotopic (exact) mass is 296 g/mol. The van der Waals surface area contributed by atoms with Crippen molar-refractivity contribution in [2.75, 3.05) is 0 Å². The number of hydrogen-bond acceptors (Lipinski definition) is 0. The highest BCUT2D eigenvalue weighted by Crippen LogP contribution is 2.38. The van der Waals surface area contributed by atoms with Crippen molar-refractivity contribution < 1.29 is 13.2 Å². The van der Waals surface area contributed by atoms with Crippen molar-refractivity contribution in [3.8, 4) is 0 Å². The summed E-state index contributed by atoms with van der Waals surface area (Å²) in [5, 5.41) is 0. The molecule has 3 heteroatoms. The lowest BCUT2D eigenvalue weighted by Gasteiger charge is -2.29. The smallest absolute Gasteiger partial charge is 0.206 e. The lowest BCUT2D eigenvalue weighted by Crippen LogP contribution is -2.13. The number of hydrogen-bond donors (Lipinski definition) is 0. The van der Waals surface area contributed by atoms with E-state index in [1.165, 1.54) is 44.2 Å². The quantitative estimate of drug-likeness (QED) is 0.579. The van der Waals surface area contributed by atoms with Gasteiger partial charge in [0.25, 0.3) is 6.08 Å². The molecule has 1 aliphatic carbocycles. The zero-order valence-electron chi connectivity index (χ0n) is 12.5. The van der Waals surface area contributed by atoms with Crippen LogP contribution in [0.15, 0.2) is 24.3 Å². The molecule has 2 rings (SSSR count). The molecule has 0 aromatic heterocycles. The number of rotatable bonds is 5. The Morgan fingerprint density at radius 1 is 1.19 bits per heavy atom. The van der Waals surface area contributed by atoms with E-state index in [4.69, 9.17) is 0 Å². The maximum absolute atomic E-state index is 13.8. The van der Waals surface area contributed by atoms with Crippen molar-refractivity contribution in [2.24, 2.45) is 5.92 Å². The van der Waals surface area contributed by atoms with E-state index in [-0.39, 0.29) is 5.56 Å². The maximum atomic E-state index is 13.8. The summed E-state index contributed by atoms with van der Waals surface area (Å²) in [6, 6.07) is 4.70. The van der Waals surface area contributed by atoms with Crippen LogP contribution in [0.2, 0.25) is 0 Å². The van der Waals surface area contributed by atoms with Gasteiger partial charge in [-0.2, -0.15) is 8.78 Å². The SMILES string of the molecule is CCCCC1CCC(c2ccc(C=C(F)F)c(F)c2)CC1. The van der Waals surface area contributed by atoms with Crippen molar-refractivity contribution in [3.05, 3.63) is 41.2 Å². The van der Waals surface area contributed by atoms with Crippen LogP contribution in [-0.4, -0.2) is 0 Å². The minimum Gasteiger partial charge on any atom is -0.206 e. The molecule has 0 aliphatic heterocycles. The second-order valence-corrected chi connectivity index (χ2v) is 6.07. The third-order valence-electron chi connectivity index (χ3n) is 4.57. The van der Waals surface area contributed by atoms with Gasteiger partial charge in [0.05, 0.1) is 0 Å². The summed E-state index contributed by atoms with van der Waals surface area (Å²) in [6.45, 7) is 2.21. The van der Waals surface area contributed by atoms with Gasteiger partial charge in [0.15, 0.2) is 0 Å². The van der Waals surface area contributed by atoms with Crippen molar-refractivity contribution >= 4 is 6.08 Å². The van der Waals surface area contributed by atoms with Crippen LogP contribution in [0.4, 0.5) is 13.2 Å². The van der Waals surface area contributed by atoms with Gasteiger partial charge in [-0.15, -0.1) is 0 Å². The standard InChI is InChI=1S/C18H23F3/c1-2-3-4-13-5-7-14(8-6-13)15-9-10-16(12-18(20)21)17(19)11-15/h9-14H,2-8H2,1H3. The predicted octanol–water partition coefficient (Wildman–Crippen LogP) is 6.53. The van der Waals surface area contributed by atoms with Gasteiger partial charge < -0.3 is 0 Å². The normalized spacial score (nSPS) is 22.1. The molecule has 0 N–H and O–H groups in total. The maximum Gasteiger partial charge on any atom is 0.271 e. The van der Waals surface area contributed by atoms with Gasteiger partial charge in [0, 0.05) is 11.6 Å². The van der Waals surface area contributed by atoms with Gasteiger partial charge in [-0.05, 0) is 49.1 Å². The second kappa shape index (κ2) is 7.67. The molecule has 0 amide bonds. The lowest BCUT2D eigenvalue weighted by molar-refractivity contribution is 0.304. The van der Waals surface area contributed by atoms with Crippen LogP contribution < -0.4 is 0 Å². The third-order valence-corrected chi connectivity index (χ3v) is 4.57. The first kappa shape index (κ1) is 16.1. The zero-order valence-corrected chi connectivity index (χ0v) is 12.5. The predicted molar refractivity (Wildman–Crippen MR) is 80.8 cm³/mol. The summed E-state index contributed by atoms with van der Waals surface area (Å²) in [5.41, 5.74) is 0.924. The van der Waals surface area contributed by atoms with Gasteiger partial charge in [-0.25, -0.2) is 4.39 Å². The zero-order chi connectivity index (χ0) is 15.2. The van der Waals surface area contributed by atoms with Crippen LogP contribution in [0.25, 0.3) is 6.08 Å². The largest absolute Gasteiger partial charge is 0.271 e. The molecule has 0 saturated heterocycles. The number of benzene rings is 1. The number of halogens is 3. The van der Waals surface area contributed by atoms with Crippen molar-refractivity contribution in [3.63, 3.8) is 0 Å². The Labute approximate surface area is 125 Å². The Kier molecular flexibility index (Phi) is 5.89. The molecule has 1 saturated carbocycles. The first-order valence-electron chi connectivity index (χ1n) is 7.92. The molecule has 116 valence electrons. The fourth-order valence-electron chi connectivity index (χ4n) is 3.31. The molecule has 1 fully saturated rings. The highest BCUT2D eigenvalue weighted by atomic mass is 19.3. The molecule has 0 spiro atoms. The first-order chi connectivity index (χ1) is 10.1. The Bertz CT molecular complexity index is 481. The Balaban J connectivity index is 1.97. The highest BCUT2D eigenvalue weighted by Gasteiger charge is 2.22. The van der Waals surface area contributed by atoms with E-state index in [0.717, 1.165) is 24.3 Å². The molecule has 21 heavy (non-hydrogen) atoms. The van der Waals surface area contributed by atoms with Crippen LogP contribution >= 0.6 is 0 Å². The van der Waals surface area contributed by atoms with Crippen LogP contribution in [0.5, 0.6) is 0 Å². The van der Waals surface area contributed by atoms with Crippen molar-refractivity contribution in [1.29, 1.82) is 0 Å². The minimum atomic E-state index is -1.86. The Hall–Kier alpha value is -1.25. The van der Waals surface area contributed by atoms with Crippen LogP contribution in [0, 0.1) is 11.7 Å². The van der Waals surface area contributed by atoms with Gasteiger partial charge in [-0.3, -0.25) is 0 Å². The average Bonchev–Trinajstić information content (AvgIpc) is 2.47. The summed E-state index contributed by atoms with van der Waals surface area (Å²) in [5.74, 6) is 0.646. The van der Waals surface area contributed by atoms with Crippen molar-refractivity contribution in [2.45, 2.75) is 57.8 Å². The van der Waals surface area contributed by atoms with Gasteiger partial charge in [0.2, 0.25) is 0 Å². The van der Waals surface area contributed by atoms with E-state index in [1.807, 2.05) is 0 Å². The highest BCUT2D eigenvalue weighted by molar-refractivity contribution is 5.51. The Morgan fingerprint density at radius 2 is 1.90 bits per heavy atom. The van der Waals surface area contributed by atoms with Crippen LogP contribution in [0.1, 0.15) is 68.9 Å². The molecule has 1 aromatic rings. The minimum absolute atomic E-state index is 0.0321. The fraction of sp³-hybridized carbons (Fsp3) is 0.556. The van der Waals surface area contributed by atoms with Gasteiger partial charge in [-0.1, -0.05) is 38.3 Å². The van der Waals surface area contributed by atoms with E-state index < -0.39 is 11.9 Å². The van der Waals surface area contributed by atoms with E-state index in [2.05, 4.69) is 6.92 Å². The topological polar surface area (TPSA) is 0 Å². The average molecular weight is 296 g/mol. The molecule has 1 aromatic carbocycles. The molecular formula is C18H23F3.